The number of aliphatic hydroxyl groups is 2. The van der Waals surface area contributed by atoms with Crippen LogP contribution in [0.25, 0.3) is 22.3 Å². The monoisotopic (exact) mass is 374 g/mol. The molecule has 0 aliphatic heterocycles. The lowest BCUT2D eigenvalue weighted by Gasteiger charge is -2.28. The molecule has 0 amide bonds. The summed E-state index contributed by atoms with van der Waals surface area (Å²) in [4.78, 5) is 0. The minimum Gasteiger partial charge on any atom is -0.394 e. The molecule has 0 unspecified atom stereocenters. The molecule has 0 bridgehead atoms. The van der Waals surface area contributed by atoms with Crippen LogP contribution in [0.15, 0.2) is 48.8 Å². The van der Waals surface area contributed by atoms with Crippen molar-refractivity contribution in [3.8, 4) is 22.3 Å². The number of alkyl halides is 3. The Bertz CT molecular complexity index is 1030. The van der Waals surface area contributed by atoms with Crippen molar-refractivity contribution in [3.63, 3.8) is 0 Å². The summed E-state index contributed by atoms with van der Waals surface area (Å²) in [7, 11) is 0. The van der Waals surface area contributed by atoms with Crippen LogP contribution in [-0.2, 0) is 12.1 Å². The number of halogens is 3. The van der Waals surface area contributed by atoms with E-state index in [0.29, 0.717) is 27.8 Å². The molecule has 0 radical (unpaired) electrons. The van der Waals surface area contributed by atoms with Crippen LogP contribution >= 0.6 is 0 Å². The minimum absolute atomic E-state index is 0.0935. The third-order valence-corrected chi connectivity index (χ3v) is 4.94. The van der Waals surface area contributed by atoms with Gasteiger partial charge < -0.3 is 10.2 Å². The normalized spacial score (nSPS) is 18.4. The van der Waals surface area contributed by atoms with Crippen molar-refractivity contribution in [1.82, 2.24) is 9.78 Å². The maximum Gasteiger partial charge on any atom is 0.425 e. The minimum atomic E-state index is -4.86. The van der Waals surface area contributed by atoms with Crippen molar-refractivity contribution < 1.29 is 23.4 Å². The first-order valence-electron chi connectivity index (χ1n) is 8.45. The van der Waals surface area contributed by atoms with Crippen molar-refractivity contribution in [2.75, 3.05) is 6.61 Å². The van der Waals surface area contributed by atoms with E-state index < -0.39 is 11.8 Å². The van der Waals surface area contributed by atoms with E-state index in [4.69, 9.17) is 5.11 Å². The summed E-state index contributed by atoms with van der Waals surface area (Å²) >= 11 is 0. The maximum absolute atomic E-state index is 14.0. The topological polar surface area (TPSA) is 58.3 Å². The molecule has 1 heterocycles. The Morgan fingerprint density at radius 2 is 1.85 bits per heavy atom. The lowest BCUT2D eigenvalue weighted by molar-refractivity contribution is -0.246. The van der Waals surface area contributed by atoms with Gasteiger partial charge in [0.05, 0.1) is 19.3 Å². The maximum atomic E-state index is 14.0. The van der Waals surface area contributed by atoms with Crippen LogP contribution in [-0.4, -0.2) is 32.8 Å². The summed E-state index contributed by atoms with van der Waals surface area (Å²) in [5, 5.41) is 24.1. The average Bonchev–Trinajstić information content (AvgIpc) is 3.17. The van der Waals surface area contributed by atoms with Crippen molar-refractivity contribution >= 4 is 0 Å². The lowest BCUT2D eigenvalue weighted by atomic mass is 9.88. The largest absolute Gasteiger partial charge is 0.425 e. The predicted octanol–water partition coefficient (Wildman–Crippen LogP) is 3.63. The molecular weight excluding hydrogens is 357 g/mol. The standard InChI is InChI=1S/C20H17F3N2O2/c1-12-8-15(13-10-24-25(11-13)6-7-26)18-14-4-2-3-5-16(14)19(27,17(18)9-12)20(21,22)23/h2-5,8-11,26-27H,6-7H2,1H3/t19-/m1/s1. The molecule has 2 aromatic carbocycles. The van der Waals surface area contributed by atoms with Gasteiger partial charge in [-0.1, -0.05) is 42.0 Å². The van der Waals surface area contributed by atoms with E-state index in [1.165, 1.54) is 22.9 Å². The van der Waals surface area contributed by atoms with Gasteiger partial charge in [-0.05, 0) is 23.6 Å². The second-order valence-corrected chi connectivity index (χ2v) is 6.70. The van der Waals surface area contributed by atoms with Crippen LogP contribution < -0.4 is 0 Å². The van der Waals surface area contributed by atoms with Gasteiger partial charge in [-0.15, -0.1) is 0 Å². The number of aliphatic hydroxyl groups excluding tert-OH is 1. The molecule has 4 rings (SSSR count). The van der Waals surface area contributed by atoms with E-state index >= 15 is 0 Å². The summed E-state index contributed by atoms with van der Waals surface area (Å²) in [6.07, 6.45) is -1.63. The number of aromatic nitrogens is 2. The van der Waals surface area contributed by atoms with E-state index in [1.54, 1.807) is 37.5 Å². The van der Waals surface area contributed by atoms with Gasteiger partial charge in [0.2, 0.25) is 5.60 Å². The first-order chi connectivity index (χ1) is 12.8. The molecule has 2 N–H and O–H groups in total. The third kappa shape index (κ3) is 2.49. The summed E-state index contributed by atoms with van der Waals surface area (Å²) in [5.74, 6) is 0. The number of benzene rings is 2. The Balaban J connectivity index is 2.04. The Morgan fingerprint density at radius 1 is 1.11 bits per heavy atom. The summed E-state index contributed by atoms with van der Waals surface area (Å²) in [5.41, 5.74) is -0.860. The molecule has 1 aromatic heterocycles. The van der Waals surface area contributed by atoms with E-state index in [2.05, 4.69) is 5.10 Å². The molecule has 7 heteroatoms. The van der Waals surface area contributed by atoms with E-state index in [9.17, 15) is 18.3 Å². The summed E-state index contributed by atoms with van der Waals surface area (Å²) in [6.45, 7) is 1.89. The SMILES string of the molecule is Cc1cc(-c2cnn(CCO)c2)c2c(c1)[C@@](O)(C(F)(F)F)c1ccccc1-2. The van der Waals surface area contributed by atoms with Crippen molar-refractivity contribution in [2.45, 2.75) is 25.2 Å². The molecule has 0 saturated carbocycles. The van der Waals surface area contributed by atoms with Gasteiger partial charge in [0.15, 0.2) is 0 Å². The first kappa shape index (κ1) is 17.8. The molecule has 0 spiro atoms. The number of aryl methyl sites for hydroxylation is 1. The highest BCUT2D eigenvalue weighted by atomic mass is 19.4. The molecule has 140 valence electrons. The second kappa shape index (κ2) is 5.94. The summed E-state index contributed by atoms with van der Waals surface area (Å²) in [6, 6.07) is 9.24. The molecule has 27 heavy (non-hydrogen) atoms. The molecule has 0 fully saturated rings. The number of hydrogen-bond donors (Lipinski definition) is 2. The average molecular weight is 374 g/mol. The van der Waals surface area contributed by atoms with Gasteiger partial charge in [0.25, 0.3) is 0 Å². The van der Waals surface area contributed by atoms with Gasteiger partial charge in [-0.3, -0.25) is 4.68 Å². The lowest BCUT2D eigenvalue weighted by Crippen LogP contribution is -2.41. The number of nitrogens with zero attached hydrogens (tertiary/aromatic N) is 2. The smallest absolute Gasteiger partial charge is 0.394 e. The van der Waals surface area contributed by atoms with Crippen molar-refractivity contribution in [1.29, 1.82) is 0 Å². The fourth-order valence-corrected chi connectivity index (χ4v) is 3.78. The molecular formula is C20H17F3N2O2. The number of fused-ring (bicyclic) bond motifs is 3. The van der Waals surface area contributed by atoms with E-state index in [-0.39, 0.29) is 24.3 Å². The van der Waals surface area contributed by atoms with E-state index in [0.717, 1.165) is 0 Å². The fraction of sp³-hybridized carbons (Fsp3) is 0.250. The van der Waals surface area contributed by atoms with Crippen LogP contribution in [0.4, 0.5) is 13.2 Å². The van der Waals surface area contributed by atoms with Crippen LogP contribution in [0.2, 0.25) is 0 Å². The highest BCUT2D eigenvalue weighted by Crippen LogP contribution is 2.57. The summed E-state index contributed by atoms with van der Waals surface area (Å²) < 4.78 is 43.5. The molecule has 1 aliphatic carbocycles. The zero-order valence-corrected chi connectivity index (χ0v) is 14.5. The Kier molecular flexibility index (Phi) is 3.90. The van der Waals surface area contributed by atoms with Crippen LogP contribution in [0.1, 0.15) is 16.7 Å². The molecule has 4 nitrogen and oxygen atoms in total. The van der Waals surface area contributed by atoms with Crippen LogP contribution in [0, 0.1) is 6.92 Å². The highest BCUT2D eigenvalue weighted by Gasteiger charge is 2.61. The van der Waals surface area contributed by atoms with Gasteiger partial charge in [0.1, 0.15) is 0 Å². The molecule has 0 saturated heterocycles. The van der Waals surface area contributed by atoms with E-state index in [1.807, 2.05) is 0 Å². The zero-order chi connectivity index (χ0) is 19.4. The Labute approximate surface area is 153 Å². The first-order valence-corrected chi connectivity index (χ1v) is 8.45. The number of hydrogen-bond acceptors (Lipinski definition) is 3. The van der Waals surface area contributed by atoms with Crippen LogP contribution in [0.5, 0.6) is 0 Å². The van der Waals surface area contributed by atoms with Gasteiger partial charge in [-0.25, -0.2) is 0 Å². The van der Waals surface area contributed by atoms with Gasteiger partial charge in [0, 0.05) is 22.9 Å². The van der Waals surface area contributed by atoms with Crippen molar-refractivity contribution in [3.05, 3.63) is 65.5 Å². The molecule has 1 aliphatic rings. The van der Waals surface area contributed by atoms with Crippen molar-refractivity contribution in [2.24, 2.45) is 0 Å². The molecule has 1 atom stereocenters. The second-order valence-electron chi connectivity index (χ2n) is 6.70. The number of rotatable bonds is 3. The Hall–Kier alpha value is -2.64. The fourth-order valence-electron chi connectivity index (χ4n) is 3.78. The zero-order valence-electron chi connectivity index (χ0n) is 14.5. The van der Waals surface area contributed by atoms with Gasteiger partial charge in [-0.2, -0.15) is 18.3 Å². The quantitative estimate of drug-likeness (QED) is 0.736. The van der Waals surface area contributed by atoms with Crippen LogP contribution in [0.3, 0.4) is 0 Å². The predicted molar refractivity (Wildman–Crippen MR) is 94.0 cm³/mol. The van der Waals surface area contributed by atoms with Gasteiger partial charge >= 0.3 is 6.18 Å². The third-order valence-electron chi connectivity index (χ3n) is 4.94. The highest BCUT2D eigenvalue weighted by molar-refractivity contribution is 5.92. The Morgan fingerprint density at radius 3 is 2.56 bits per heavy atom. The molecule has 3 aromatic rings.